The van der Waals surface area contributed by atoms with Crippen LogP contribution in [0.1, 0.15) is 43.4 Å². The van der Waals surface area contributed by atoms with Crippen molar-refractivity contribution in [1.29, 1.82) is 0 Å². The number of nitrogens with zero attached hydrogens (tertiary/aromatic N) is 1. The lowest BCUT2D eigenvalue weighted by atomic mass is 9.83. The first kappa shape index (κ1) is 19.2. The summed E-state index contributed by atoms with van der Waals surface area (Å²) in [7, 11) is 1.38. The van der Waals surface area contributed by atoms with Gasteiger partial charge >= 0.3 is 12.1 Å². The van der Waals surface area contributed by atoms with E-state index in [9.17, 15) is 14.7 Å². The van der Waals surface area contributed by atoms with E-state index in [0.29, 0.717) is 13.2 Å². The zero-order chi connectivity index (χ0) is 18.2. The van der Waals surface area contributed by atoms with Crippen molar-refractivity contribution in [3.05, 3.63) is 35.4 Å². The topological polar surface area (TPSA) is 76.1 Å². The standard InChI is InChI=1S/C19H27NO5/c1-14(22)25-12-6-5-8-16(13-21)18-17-9-4-3-7-15(17)10-11-20(18)19(23)24-2/h3-4,7,9,16,18,21H,5-6,8,10-13H2,1-2H3/t16-,18+/m0/s1. The molecule has 0 spiro atoms. The molecule has 2 rings (SSSR count). The Morgan fingerprint density at radius 2 is 2.08 bits per heavy atom. The number of ether oxygens (including phenoxy) is 2. The Morgan fingerprint density at radius 3 is 2.76 bits per heavy atom. The zero-order valence-corrected chi connectivity index (χ0v) is 14.9. The van der Waals surface area contributed by atoms with Crippen LogP contribution in [0.5, 0.6) is 0 Å². The first-order valence-electron chi connectivity index (χ1n) is 8.75. The van der Waals surface area contributed by atoms with Gasteiger partial charge in [0.15, 0.2) is 0 Å². The molecule has 1 aromatic rings. The van der Waals surface area contributed by atoms with Gasteiger partial charge in [0.05, 0.1) is 19.8 Å². The summed E-state index contributed by atoms with van der Waals surface area (Å²) in [6.07, 6.45) is 2.71. The largest absolute Gasteiger partial charge is 0.466 e. The summed E-state index contributed by atoms with van der Waals surface area (Å²) >= 11 is 0. The van der Waals surface area contributed by atoms with Crippen molar-refractivity contribution in [3.8, 4) is 0 Å². The maximum Gasteiger partial charge on any atom is 0.410 e. The van der Waals surface area contributed by atoms with Crippen LogP contribution in [0.25, 0.3) is 0 Å². The number of carbonyl (C=O) groups is 2. The molecular formula is C19H27NO5. The zero-order valence-electron chi connectivity index (χ0n) is 14.9. The second-order valence-corrected chi connectivity index (χ2v) is 6.34. The van der Waals surface area contributed by atoms with Gasteiger partial charge < -0.3 is 19.5 Å². The number of hydrogen-bond acceptors (Lipinski definition) is 5. The van der Waals surface area contributed by atoms with Crippen LogP contribution < -0.4 is 0 Å². The number of esters is 1. The lowest BCUT2D eigenvalue weighted by Crippen LogP contribution is -2.44. The van der Waals surface area contributed by atoms with Gasteiger partial charge in [0.2, 0.25) is 0 Å². The van der Waals surface area contributed by atoms with E-state index in [1.165, 1.54) is 19.6 Å². The normalized spacial score (nSPS) is 17.6. The molecule has 0 saturated heterocycles. The molecule has 0 aliphatic carbocycles. The quantitative estimate of drug-likeness (QED) is 0.605. The Balaban J connectivity index is 2.11. The number of aliphatic hydroxyl groups is 1. The third-order valence-corrected chi connectivity index (χ3v) is 4.70. The first-order chi connectivity index (χ1) is 12.1. The maximum absolute atomic E-state index is 12.2. The van der Waals surface area contributed by atoms with E-state index < -0.39 is 0 Å². The Hall–Kier alpha value is -2.08. The average Bonchev–Trinajstić information content (AvgIpc) is 2.63. The van der Waals surface area contributed by atoms with E-state index in [0.717, 1.165) is 31.2 Å². The van der Waals surface area contributed by atoms with E-state index in [2.05, 4.69) is 6.07 Å². The number of aliphatic hydroxyl groups excluding tert-OH is 1. The molecule has 6 heteroatoms. The molecule has 1 amide bonds. The van der Waals surface area contributed by atoms with Crippen LogP contribution >= 0.6 is 0 Å². The molecular weight excluding hydrogens is 322 g/mol. The number of rotatable bonds is 7. The smallest absolute Gasteiger partial charge is 0.410 e. The number of carbonyl (C=O) groups excluding carboxylic acids is 2. The predicted molar refractivity (Wildman–Crippen MR) is 93.1 cm³/mol. The fraction of sp³-hybridized carbons (Fsp3) is 0.579. The van der Waals surface area contributed by atoms with Crippen LogP contribution in [-0.4, -0.2) is 48.9 Å². The van der Waals surface area contributed by atoms with Crippen molar-refractivity contribution >= 4 is 12.1 Å². The van der Waals surface area contributed by atoms with Crippen LogP contribution in [-0.2, 0) is 20.7 Å². The van der Waals surface area contributed by atoms with Gasteiger partial charge in [-0.05, 0) is 36.8 Å². The maximum atomic E-state index is 12.2. The molecule has 1 aliphatic rings. The Bertz CT molecular complexity index is 589. The van der Waals surface area contributed by atoms with Gasteiger partial charge in [-0.3, -0.25) is 4.79 Å². The minimum absolute atomic E-state index is 0.0138. The fourth-order valence-electron chi connectivity index (χ4n) is 3.50. The molecule has 0 aromatic heterocycles. The minimum Gasteiger partial charge on any atom is -0.466 e. The molecule has 2 atom stereocenters. The van der Waals surface area contributed by atoms with Crippen LogP contribution in [0.2, 0.25) is 0 Å². The van der Waals surface area contributed by atoms with Gasteiger partial charge in [0.1, 0.15) is 0 Å². The molecule has 0 bridgehead atoms. The molecule has 0 fully saturated rings. The summed E-state index contributed by atoms with van der Waals surface area (Å²) in [6, 6.07) is 7.86. The monoisotopic (exact) mass is 349 g/mol. The molecule has 0 saturated carbocycles. The lowest BCUT2D eigenvalue weighted by Gasteiger charge is -2.40. The van der Waals surface area contributed by atoms with Crippen molar-refractivity contribution in [3.63, 3.8) is 0 Å². The second-order valence-electron chi connectivity index (χ2n) is 6.34. The van der Waals surface area contributed by atoms with Gasteiger partial charge in [0, 0.05) is 26.0 Å². The van der Waals surface area contributed by atoms with Crippen molar-refractivity contribution in [2.24, 2.45) is 5.92 Å². The van der Waals surface area contributed by atoms with Crippen molar-refractivity contribution in [1.82, 2.24) is 4.90 Å². The summed E-state index contributed by atoms with van der Waals surface area (Å²) in [6.45, 7) is 2.34. The van der Waals surface area contributed by atoms with E-state index in [1.807, 2.05) is 18.2 Å². The van der Waals surface area contributed by atoms with E-state index in [4.69, 9.17) is 9.47 Å². The molecule has 1 aliphatic heterocycles. The number of benzene rings is 1. The number of amides is 1. The SMILES string of the molecule is COC(=O)N1CCc2ccccc2[C@H]1[C@H](CO)CCCCOC(C)=O. The Labute approximate surface area is 148 Å². The summed E-state index contributed by atoms with van der Waals surface area (Å²) in [5, 5.41) is 9.96. The van der Waals surface area contributed by atoms with Crippen LogP contribution in [0, 0.1) is 5.92 Å². The van der Waals surface area contributed by atoms with Crippen molar-refractivity contribution in [2.75, 3.05) is 26.9 Å². The van der Waals surface area contributed by atoms with E-state index in [-0.39, 0.29) is 30.6 Å². The third kappa shape index (κ3) is 4.95. The number of fused-ring (bicyclic) bond motifs is 1. The molecule has 6 nitrogen and oxygen atoms in total. The van der Waals surface area contributed by atoms with Crippen LogP contribution in [0.15, 0.2) is 24.3 Å². The summed E-state index contributed by atoms with van der Waals surface area (Å²) in [5.41, 5.74) is 2.30. The summed E-state index contributed by atoms with van der Waals surface area (Å²) < 4.78 is 9.90. The number of hydrogen-bond donors (Lipinski definition) is 1. The van der Waals surface area contributed by atoms with Gasteiger partial charge in [-0.2, -0.15) is 0 Å². The third-order valence-electron chi connectivity index (χ3n) is 4.70. The van der Waals surface area contributed by atoms with Crippen molar-refractivity contribution in [2.45, 2.75) is 38.6 Å². The molecule has 25 heavy (non-hydrogen) atoms. The molecule has 0 unspecified atom stereocenters. The van der Waals surface area contributed by atoms with Crippen LogP contribution in [0.4, 0.5) is 4.79 Å². The van der Waals surface area contributed by atoms with Gasteiger partial charge in [-0.25, -0.2) is 4.79 Å². The summed E-state index contributed by atoms with van der Waals surface area (Å²) in [4.78, 5) is 24.8. The number of unbranched alkanes of at least 4 members (excludes halogenated alkanes) is 1. The summed E-state index contributed by atoms with van der Waals surface area (Å²) in [5.74, 6) is -0.366. The van der Waals surface area contributed by atoms with Gasteiger partial charge in [-0.1, -0.05) is 24.3 Å². The Kier molecular flexibility index (Phi) is 7.25. The van der Waals surface area contributed by atoms with Crippen LogP contribution in [0.3, 0.4) is 0 Å². The highest BCUT2D eigenvalue weighted by Crippen LogP contribution is 2.37. The molecule has 1 N–H and O–H groups in total. The second kappa shape index (κ2) is 9.42. The lowest BCUT2D eigenvalue weighted by molar-refractivity contribution is -0.141. The van der Waals surface area contributed by atoms with Crippen molar-refractivity contribution < 1.29 is 24.2 Å². The molecule has 0 radical (unpaired) electrons. The van der Waals surface area contributed by atoms with Gasteiger partial charge in [-0.15, -0.1) is 0 Å². The minimum atomic E-state index is -0.363. The highest BCUT2D eigenvalue weighted by molar-refractivity contribution is 5.69. The molecule has 1 aromatic carbocycles. The van der Waals surface area contributed by atoms with E-state index in [1.54, 1.807) is 4.90 Å². The highest BCUT2D eigenvalue weighted by atomic mass is 16.5. The first-order valence-corrected chi connectivity index (χ1v) is 8.75. The highest BCUT2D eigenvalue weighted by Gasteiger charge is 2.36. The van der Waals surface area contributed by atoms with E-state index >= 15 is 0 Å². The van der Waals surface area contributed by atoms with Gasteiger partial charge in [0.25, 0.3) is 0 Å². The fourth-order valence-corrected chi connectivity index (χ4v) is 3.50. The molecule has 1 heterocycles. The predicted octanol–water partition coefficient (Wildman–Crippen LogP) is 2.69. The average molecular weight is 349 g/mol. The molecule has 138 valence electrons. The Morgan fingerprint density at radius 1 is 1.32 bits per heavy atom. The number of methoxy groups -OCH3 is 1.